The van der Waals surface area contributed by atoms with Crippen molar-refractivity contribution in [3.05, 3.63) is 0 Å². The third kappa shape index (κ3) is 12.7. The van der Waals surface area contributed by atoms with E-state index in [1.165, 1.54) is 20.6 Å². The van der Waals surface area contributed by atoms with E-state index in [0.717, 1.165) is 25.9 Å². The van der Waals surface area contributed by atoms with Crippen molar-refractivity contribution in [2.24, 2.45) is 0 Å². The van der Waals surface area contributed by atoms with E-state index in [-0.39, 0.29) is 12.5 Å². The third-order valence-corrected chi connectivity index (χ3v) is 2.12. The summed E-state index contributed by atoms with van der Waals surface area (Å²) in [6.07, 6.45) is 2.81. The van der Waals surface area contributed by atoms with Crippen LogP contribution in [-0.2, 0) is 19.1 Å². The fourth-order valence-corrected chi connectivity index (χ4v) is 1.30. The summed E-state index contributed by atoms with van der Waals surface area (Å²) in [6, 6.07) is 0. The van der Waals surface area contributed by atoms with Crippen molar-refractivity contribution in [1.82, 2.24) is 10.2 Å². The molecule has 0 bridgehead atoms. The Hall–Kier alpha value is -1.79. The van der Waals surface area contributed by atoms with Gasteiger partial charge in [0.1, 0.15) is 6.54 Å². The molecule has 2 amide bonds. The number of carbonyl (C=O) groups excluding carboxylic acids is 3. The lowest BCUT2D eigenvalue weighted by atomic mass is 10.4. The fourth-order valence-electron chi connectivity index (χ4n) is 1.30. The molecule has 7 heteroatoms. The van der Waals surface area contributed by atoms with Gasteiger partial charge in [-0.25, -0.2) is 4.79 Å². The van der Waals surface area contributed by atoms with Crippen LogP contribution >= 0.6 is 0 Å². The molecule has 118 valence electrons. The van der Waals surface area contributed by atoms with Crippen LogP contribution in [0.5, 0.6) is 0 Å². The Balaban J connectivity index is 0. The summed E-state index contributed by atoms with van der Waals surface area (Å²) in [7, 11) is 2.59. The van der Waals surface area contributed by atoms with E-state index < -0.39 is 6.09 Å². The number of likely N-dealkylation sites (tertiary alicyclic amines) is 1. The molecule has 0 aromatic heterocycles. The normalized spacial score (nSPS) is 12.1. The Kier molecular flexibility index (Phi) is 15.7. The first-order chi connectivity index (χ1) is 9.56. The lowest BCUT2D eigenvalue weighted by Crippen LogP contribution is -2.38. The van der Waals surface area contributed by atoms with E-state index >= 15 is 0 Å². The van der Waals surface area contributed by atoms with Gasteiger partial charge in [0.05, 0.1) is 14.2 Å². The molecule has 1 saturated heterocycles. The second kappa shape index (κ2) is 15.3. The zero-order chi connectivity index (χ0) is 15.8. The van der Waals surface area contributed by atoms with Crippen molar-refractivity contribution in [3.63, 3.8) is 0 Å². The largest absolute Gasteiger partial charge is 0.471 e. The molecule has 0 unspecified atom stereocenters. The Bertz CT molecular complexity index is 265. The molecule has 0 aliphatic carbocycles. The summed E-state index contributed by atoms with van der Waals surface area (Å²) in [4.78, 5) is 32.6. The highest BCUT2D eigenvalue weighted by Gasteiger charge is 2.17. The molecular formula is C13H26N2O5. The van der Waals surface area contributed by atoms with E-state index in [0.29, 0.717) is 6.47 Å². The number of nitrogens with one attached hydrogen (secondary N) is 1. The molecule has 1 aliphatic heterocycles. The first kappa shape index (κ1) is 20.5. The molecule has 1 rings (SSSR count). The average molecular weight is 290 g/mol. The second-order valence-electron chi connectivity index (χ2n) is 3.97. The van der Waals surface area contributed by atoms with Gasteiger partial charge in [-0.2, -0.15) is 0 Å². The zero-order valence-electron chi connectivity index (χ0n) is 12.8. The minimum Gasteiger partial charge on any atom is -0.471 e. The van der Waals surface area contributed by atoms with Gasteiger partial charge in [0, 0.05) is 13.1 Å². The van der Waals surface area contributed by atoms with Crippen molar-refractivity contribution in [2.45, 2.75) is 33.1 Å². The van der Waals surface area contributed by atoms with Crippen molar-refractivity contribution < 1.29 is 23.9 Å². The summed E-state index contributed by atoms with van der Waals surface area (Å²) in [6.45, 7) is 6.27. The van der Waals surface area contributed by atoms with Crippen molar-refractivity contribution >= 4 is 18.5 Å². The van der Waals surface area contributed by atoms with E-state index in [9.17, 15) is 9.59 Å². The number of ether oxygens (including phenoxy) is 2. The highest BCUT2D eigenvalue weighted by Crippen LogP contribution is 2.06. The Morgan fingerprint density at radius 3 is 2.00 bits per heavy atom. The number of amides is 2. The molecule has 0 radical (unpaired) electrons. The Morgan fingerprint density at radius 2 is 1.65 bits per heavy atom. The van der Waals surface area contributed by atoms with Crippen LogP contribution < -0.4 is 5.32 Å². The maximum Gasteiger partial charge on any atom is 0.407 e. The van der Waals surface area contributed by atoms with Crippen LogP contribution in [0.3, 0.4) is 0 Å². The summed E-state index contributed by atoms with van der Waals surface area (Å²) >= 11 is 0. The smallest absolute Gasteiger partial charge is 0.407 e. The Morgan fingerprint density at radius 1 is 1.20 bits per heavy atom. The minimum atomic E-state index is -0.562. The van der Waals surface area contributed by atoms with Gasteiger partial charge in [-0.1, -0.05) is 20.3 Å². The zero-order valence-corrected chi connectivity index (χ0v) is 12.8. The van der Waals surface area contributed by atoms with Crippen LogP contribution in [0, 0.1) is 0 Å². The number of nitrogens with zero attached hydrogens (tertiary/aromatic N) is 1. The number of rotatable bonds is 3. The third-order valence-electron chi connectivity index (χ3n) is 2.12. The fraction of sp³-hybridized carbons (Fsp3) is 0.769. The quantitative estimate of drug-likeness (QED) is 0.789. The van der Waals surface area contributed by atoms with Crippen LogP contribution in [0.15, 0.2) is 0 Å². The summed E-state index contributed by atoms with van der Waals surface area (Å²) in [5.74, 6) is -0.0390. The number of hydrogen-bond donors (Lipinski definition) is 1. The molecule has 0 aromatic rings. The summed E-state index contributed by atoms with van der Waals surface area (Å²) in [5, 5.41) is 2.36. The van der Waals surface area contributed by atoms with Gasteiger partial charge < -0.3 is 19.7 Å². The molecule has 0 spiro atoms. The number of carbonyl (C=O) groups is 3. The van der Waals surface area contributed by atoms with Gasteiger partial charge in [-0.3, -0.25) is 9.59 Å². The average Bonchev–Trinajstić information content (AvgIpc) is 2.99. The SMILES string of the molecule is CCC.COC(=O)NCC(=O)N1CCCC1.COC=O. The molecule has 1 heterocycles. The van der Waals surface area contributed by atoms with Gasteiger partial charge in [0.15, 0.2) is 0 Å². The monoisotopic (exact) mass is 290 g/mol. The second-order valence-corrected chi connectivity index (χ2v) is 3.97. The van der Waals surface area contributed by atoms with Crippen molar-refractivity contribution in [3.8, 4) is 0 Å². The lowest BCUT2D eigenvalue weighted by molar-refractivity contribution is -0.129. The molecule has 1 aliphatic rings. The highest BCUT2D eigenvalue weighted by molar-refractivity contribution is 5.82. The van der Waals surface area contributed by atoms with Crippen LogP contribution in [0.4, 0.5) is 4.79 Å². The highest BCUT2D eigenvalue weighted by atomic mass is 16.5. The standard InChI is InChI=1S/C8H14N2O3.C3H8.C2H4O2/c1-13-8(12)9-6-7(11)10-4-2-3-5-10;1-3-2;1-4-2-3/h2-6H2,1H3,(H,9,12);3H2,1-2H3;2H,1H3. The molecule has 7 nitrogen and oxygen atoms in total. The maximum atomic E-state index is 11.3. The first-order valence-electron chi connectivity index (χ1n) is 6.63. The van der Waals surface area contributed by atoms with Gasteiger partial charge in [0.2, 0.25) is 5.91 Å². The first-order valence-corrected chi connectivity index (χ1v) is 6.63. The van der Waals surface area contributed by atoms with Gasteiger partial charge in [-0.15, -0.1) is 0 Å². The number of alkyl carbamates (subject to hydrolysis) is 1. The lowest BCUT2D eigenvalue weighted by Gasteiger charge is -2.14. The van der Waals surface area contributed by atoms with Gasteiger partial charge >= 0.3 is 6.09 Å². The molecular weight excluding hydrogens is 264 g/mol. The van der Waals surface area contributed by atoms with E-state index in [4.69, 9.17) is 4.79 Å². The van der Waals surface area contributed by atoms with Crippen LogP contribution in [0.2, 0.25) is 0 Å². The molecule has 20 heavy (non-hydrogen) atoms. The molecule has 0 aromatic carbocycles. The van der Waals surface area contributed by atoms with Crippen molar-refractivity contribution in [2.75, 3.05) is 33.9 Å². The summed E-state index contributed by atoms with van der Waals surface area (Å²) < 4.78 is 8.20. The summed E-state index contributed by atoms with van der Waals surface area (Å²) in [5.41, 5.74) is 0. The maximum absolute atomic E-state index is 11.3. The van der Waals surface area contributed by atoms with Crippen LogP contribution in [0.25, 0.3) is 0 Å². The van der Waals surface area contributed by atoms with E-state index in [1.54, 1.807) is 4.90 Å². The molecule has 1 N–H and O–H groups in total. The molecule has 1 fully saturated rings. The van der Waals surface area contributed by atoms with E-state index in [2.05, 4.69) is 28.6 Å². The van der Waals surface area contributed by atoms with E-state index in [1.807, 2.05) is 0 Å². The van der Waals surface area contributed by atoms with Crippen LogP contribution in [-0.4, -0.2) is 57.2 Å². The minimum absolute atomic E-state index is 0.0344. The molecule has 0 saturated carbocycles. The predicted molar refractivity (Wildman–Crippen MR) is 75.3 cm³/mol. The molecule has 0 atom stereocenters. The predicted octanol–water partition coefficient (Wildman–Crippen LogP) is 1.17. The number of methoxy groups -OCH3 is 2. The Labute approximate surface area is 120 Å². The van der Waals surface area contributed by atoms with Gasteiger partial charge in [-0.05, 0) is 12.8 Å². The van der Waals surface area contributed by atoms with Gasteiger partial charge in [0.25, 0.3) is 6.47 Å². The van der Waals surface area contributed by atoms with Crippen molar-refractivity contribution in [1.29, 1.82) is 0 Å². The topological polar surface area (TPSA) is 84.9 Å². The number of hydrogen-bond acceptors (Lipinski definition) is 5. The van der Waals surface area contributed by atoms with Crippen LogP contribution in [0.1, 0.15) is 33.1 Å².